The van der Waals surface area contributed by atoms with Gasteiger partial charge in [0.05, 0.1) is 5.02 Å². The second kappa shape index (κ2) is 10.0. The fourth-order valence-corrected chi connectivity index (χ4v) is 5.48. The van der Waals surface area contributed by atoms with Gasteiger partial charge in [-0.25, -0.2) is 0 Å². The molecule has 2 saturated heterocycles. The minimum atomic E-state index is -0.924. The quantitative estimate of drug-likeness (QED) is 0.645. The first-order chi connectivity index (χ1) is 16.7. The van der Waals surface area contributed by atoms with Gasteiger partial charge in [-0.15, -0.1) is 0 Å². The summed E-state index contributed by atoms with van der Waals surface area (Å²) in [5.41, 5.74) is 0.492. The lowest BCUT2D eigenvalue weighted by Gasteiger charge is -2.51. The van der Waals surface area contributed by atoms with Crippen molar-refractivity contribution in [1.82, 2.24) is 20.3 Å². The lowest BCUT2D eigenvalue weighted by atomic mass is 9.80. The molecule has 3 amide bonds. The van der Waals surface area contributed by atoms with Gasteiger partial charge in [0.2, 0.25) is 11.8 Å². The molecule has 1 aromatic heterocycles. The maximum absolute atomic E-state index is 13.6. The van der Waals surface area contributed by atoms with Crippen LogP contribution in [-0.4, -0.2) is 63.9 Å². The lowest BCUT2D eigenvalue weighted by molar-refractivity contribution is -0.161. The van der Waals surface area contributed by atoms with Gasteiger partial charge in [-0.2, -0.15) is 0 Å². The van der Waals surface area contributed by atoms with Crippen molar-refractivity contribution in [2.75, 3.05) is 19.6 Å². The highest BCUT2D eigenvalue weighted by Gasteiger charge is 2.53. The molecule has 1 N–H and O–H groups in total. The van der Waals surface area contributed by atoms with Crippen LogP contribution in [0.25, 0.3) is 11.3 Å². The van der Waals surface area contributed by atoms with Crippen LogP contribution in [0, 0.1) is 12.8 Å². The van der Waals surface area contributed by atoms with Crippen molar-refractivity contribution in [3.63, 3.8) is 0 Å². The van der Waals surface area contributed by atoms with E-state index in [1.54, 1.807) is 28.9 Å². The van der Waals surface area contributed by atoms with Gasteiger partial charge >= 0.3 is 0 Å². The molecule has 2 aliphatic heterocycles. The Morgan fingerprint density at radius 3 is 2.57 bits per heavy atom. The van der Waals surface area contributed by atoms with Crippen molar-refractivity contribution < 1.29 is 18.9 Å². The standard InChI is InChI=1S/C26H33ClN4O4/c1-5-12-31-23(32)20(15-16(2)3)28-25(34)26(31)10-13-30(14-11-26)24(33)21-17(4)35-29-22(21)18-8-6-7-9-19(18)27/h6-9,16,20H,5,10-15H2,1-4H3,(H,28,34). The van der Waals surface area contributed by atoms with Crippen LogP contribution >= 0.6 is 11.6 Å². The van der Waals surface area contributed by atoms with Gasteiger partial charge < -0.3 is 19.6 Å². The molecule has 1 spiro atoms. The first kappa shape index (κ1) is 25.2. The smallest absolute Gasteiger partial charge is 0.259 e. The highest BCUT2D eigenvalue weighted by molar-refractivity contribution is 6.33. The zero-order valence-electron chi connectivity index (χ0n) is 20.8. The van der Waals surface area contributed by atoms with Gasteiger partial charge in [0.25, 0.3) is 5.91 Å². The molecule has 8 nitrogen and oxygen atoms in total. The van der Waals surface area contributed by atoms with Crippen LogP contribution in [0.1, 0.15) is 62.6 Å². The molecule has 0 radical (unpaired) electrons. The van der Waals surface area contributed by atoms with Crippen LogP contribution in [-0.2, 0) is 9.59 Å². The van der Waals surface area contributed by atoms with E-state index in [0.29, 0.717) is 72.4 Å². The summed E-state index contributed by atoms with van der Waals surface area (Å²) in [5.74, 6) is 0.369. The number of aryl methyl sites for hydroxylation is 1. The van der Waals surface area contributed by atoms with E-state index in [9.17, 15) is 14.4 Å². The van der Waals surface area contributed by atoms with E-state index in [0.717, 1.165) is 6.42 Å². The number of carbonyl (C=O) groups excluding carboxylic acids is 3. The third-order valence-corrected chi connectivity index (χ3v) is 7.38. The summed E-state index contributed by atoms with van der Waals surface area (Å²) < 4.78 is 5.38. The van der Waals surface area contributed by atoms with E-state index in [1.165, 1.54) is 0 Å². The molecule has 0 saturated carbocycles. The number of piperidine rings is 1. The first-order valence-electron chi connectivity index (χ1n) is 12.3. The Morgan fingerprint density at radius 1 is 1.26 bits per heavy atom. The molecular formula is C26H33ClN4O4. The van der Waals surface area contributed by atoms with Gasteiger partial charge in [-0.1, -0.05) is 55.7 Å². The number of piperazine rings is 1. The maximum Gasteiger partial charge on any atom is 0.259 e. The van der Waals surface area contributed by atoms with Gasteiger partial charge in [0, 0.05) is 25.2 Å². The largest absolute Gasteiger partial charge is 0.360 e. The number of amides is 3. The van der Waals surface area contributed by atoms with Crippen molar-refractivity contribution in [2.45, 2.75) is 65.0 Å². The average Bonchev–Trinajstić information content (AvgIpc) is 3.21. The fourth-order valence-electron chi connectivity index (χ4n) is 5.25. The number of benzene rings is 1. The Balaban J connectivity index is 1.56. The van der Waals surface area contributed by atoms with Gasteiger partial charge in [0.15, 0.2) is 0 Å². The van der Waals surface area contributed by atoms with Gasteiger partial charge in [-0.3, -0.25) is 14.4 Å². The summed E-state index contributed by atoms with van der Waals surface area (Å²) >= 11 is 6.36. The molecule has 188 valence electrons. The molecule has 1 atom stereocenters. The Bertz CT molecular complexity index is 1120. The molecule has 0 bridgehead atoms. The second-order valence-electron chi connectivity index (χ2n) is 9.91. The van der Waals surface area contributed by atoms with Crippen molar-refractivity contribution >= 4 is 29.3 Å². The van der Waals surface area contributed by atoms with Crippen molar-refractivity contribution in [3.05, 3.63) is 40.6 Å². The summed E-state index contributed by atoms with van der Waals surface area (Å²) in [5, 5.41) is 7.59. The number of nitrogens with zero attached hydrogens (tertiary/aromatic N) is 3. The number of carbonyl (C=O) groups is 3. The normalized spacial score (nSPS) is 20.0. The maximum atomic E-state index is 13.6. The predicted molar refractivity (Wildman–Crippen MR) is 133 cm³/mol. The lowest BCUT2D eigenvalue weighted by Crippen LogP contribution is -2.73. The van der Waals surface area contributed by atoms with E-state index in [1.807, 2.05) is 32.9 Å². The summed E-state index contributed by atoms with van der Waals surface area (Å²) in [6.45, 7) is 9.02. The minimum Gasteiger partial charge on any atom is -0.360 e. The topological polar surface area (TPSA) is 95.8 Å². The molecule has 3 heterocycles. The molecule has 2 aromatic rings. The number of likely N-dealkylation sites (tertiary alicyclic amines) is 1. The van der Waals surface area contributed by atoms with Crippen molar-refractivity contribution in [1.29, 1.82) is 0 Å². The van der Waals surface area contributed by atoms with E-state index >= 15 is 0 Å². The van der Waals surface area contributed by atoms with Crippen molar-refractivity contribution in [2.24, 2.45) is 5.92 Å². The third-order valence-electron chi connectivity index (χ3n) is 7.05. The second-order valence-corrected chi connectivity index (χ2v) is 10.3. The van der Waals surface area contributed by atoms with Gasteiger partial charge in [0.1, 0.15) is 28.6 Å². The summed E-state index contributed by atoms with van der Waals surface area (Å²) in [4.78, 5) is 43.8. The first-order valence-corrected chi connectivity index (χ1v) is 12.7. The number of hydrogen-bond acceptors (Lipinski definition) is 5. The zero-order chi connectivity index (χ0) is 25.3. The van der Waals surface area contributed by atoms with E-state index < -0.39 is 11.6 Å². The number of nitrogens with one attached hydrogen (secondary N) is 1. The number of aromatic nitrogens is 1. The molecule has 2 aliphatic rings. The zero-order valence-corrected chi connectivity index (χ0v) is 21.5. The Hall–Kier alpha value is -2.87. The molecular weight excluding hydrogens is 468 g/mol. The Kier molecular flexibility index (Phi) is 7.22. The van der Waals surface area contributed by atoms with Crippen LogP contribution in [0.15, 0.2) is 28.8 Å². The molecule has 9 heteroatoms. The molecule has 1 unspecified atom stereocenters. The number of hydrogen-bond donors (Lipinski definition) is 1. The van der Waals surface area contributed by atoms with Crippen LogP contribution in [0.5, 0.6) is 0 Å². The minimum absolute atomic E-state index is 0.0178. The molecule has 35 heavy (non-hydrogen) atoms. The SMILES string of the molecule is CCCN1C(=O)C(CC(C)C)NC(=O)C12CCN(C(=O)c1c(-c3ccccc3Cl)noc1C)CC2. The van der Waals surface area contributed by atoms with Crippen LogP contribution in [0.4, 0.5) is 0 Å². The van der Waals surface area contributed by atoms with E-state index in [2.05, 4.69) is 10.5 Å². The fraction of sp³-hybridized carbons (Fsp3) is 0.538. The molecule has 4 rings (SSSR count). The monoisotopic (exact) mass is 500 g/mol. The summed E-state index contributed by atoms with van der Waals surface area (Å²) in [6, 6.07) is 6.70. The van der Waals surface area contributed by atoms with Crippen molar-refractivity contribution in [3.8, 4) is 11.3 Å². The van der Waals surface area contributed by atoms with E-state index in [4.69, 9.17) is 16.1 Å². The highest BCUT2D eigenvalue weighted by atomic mass is 35.5. The average molecular weight is 501 g/mol. The van der Waals surface area contributed by atoms with Crippen LogP contribution in [0.2, 0.25) is 5.02 Å². The Labute approximate surface area is 211 Å². The van der Waals surface area contributed by atoms with Gasteiger partial charge in [-0.05, 0) is 44.6 Å². The highest BCUT2D eigenvalue weighted by Crippen LogP contribution is 2.36. The third kappa shape index (κ3) is 4.56. The summed E-state index contributed by atoms with van der Waals surface area (Å²) in [6.07, 6.45) is 2.15. The predicted octanol–water partition coefficient (Wildman–Crippen LogP) is 4.06. The molecule has 0 aliphatic carbocycles. The molecule has 2 fully saturated rings. The van der Waals surface area contributed by atoms with Crippen LogP contribution < -0.4 is 5.32 Å². The number of rotatable bonds is 6. The van der Waals surface area contributed by atoms with E-state index in [-0.39, 0.29) is 17.7 Å². The summed E-state index contributed by atoms with van der Waals surface area (Å²) in [7, 11) is 0. The Morgan fingerprint density at radius 2 is 1.94 bits per heavy atom. The van der Waals surface area contributed by atoms with Crippen LogP contribution in [0.3, 0.4) is 0 Å². The number of halogens is 1. The molecule has 1 aromatic carbocycles.